The first kappa shape index (κ1) is 15.6. The largest absolute Gasteiger partial charge is 0.395 e. The number of carbonyl (C=O) groups is 1. The third-order valence-corrected chi connectivity index (χ3v) is 7.86. The highest BCUT2D eigenvalue weighted by Gasteiger charge is 2.60. The molecule has 0 heterocycles. The summed E-state index contributed by atoms with van der Waals surface area (Å²) in [4.78, 5) is 11.8. The van der Waals surface area contributed by atoms with Crippen molar-refractivity contribution in [2.45, 2.75) is 52.1 Å². The molecule has 2 N–H and O–H groups in total. The van der Waals surface area contributed by atoms with Crippen LogP contribution in [0.2, 0.25) is 0 Å². The van der Waals surface area contributed by atoms with E-state index in [2.05, 4.69) is 13.8 Å². The molecule has 7 atom stereocenters. The van der Waals surface area contributed by atoms with Gasteiger partial charge in [0.1, 0.15) is 0 Å². The van der Waals surface area contributed by atoms with Crippen LogP contribution in [0.3, 0.4) is 0 Å². The van der Waals surface area contributed by atoms with Gasteiger partial charge in [-0.25, -0.2) is 0 Å². The Morgan fingerprint density at radius 3 is 2.78 bits per heavy atom. The molecule has 0 radical (unpaired) electrons. The van der Waals surface area contributed by atoms with E-state index >= 15 is 0 Å². The summed E-state index contributed by atoms with van der Waals surface area (Å²) in [7, 11) is 0. The quantitative estimate of drug-likeness (QED) is 0.782. The lowest BCUT2D eigenvalue weighted by Crippen LogP contribution is -2.55. The molecule has 0 aromatic carbocycles. The van der Waals surface area contributed by atoms with E-state index in [0.717, 1.165) is 37.7 Å². The monoisotopic (exact) mass is 316 g/mol. The molecule has 0 aromatic heterocycles. The molecule has 0 saturated heterocycles. The summed E-state index contributed by atoms with van der Waals surface area (Å²) < 4.78 is 0. The number of aliphatic hydroxyl groups excluding tert-OH is 2. The smallest absolute Gasteiger partial charge is 0.178 e. The molecule has 0 bridgehead atoms. The van der Waals surface area contributed by atoms with Gasteiger partial charge in [0.05, 0.1) is 12.7 Å². The van der Waals surface area contributed by atoms with Crippen LogP contribution < -0.4 is 0 Å². The van der Waals surface area contributed by atoms with Crippen molar-refractivity contribution in [3.63, 3.8) is 0 Å². The lowest BCUT2D eigenvalue weighted by molar-refractivity contribution is -0.112. The Morgan fingerprint density at radius 1 is 1.26 bits per heavy atom. The van der Waals surface area contributed by atoms with Gasteiger partial charge in [0, 0.05) is 5.41 Å². The molecule has 3 heteroatoms. The number of ketones is 1. The van der Waals surface area contributed by atoms with Crippen LogP contribution in [0, 0.1) is 34.5 Å². The lowest BCUT2D eigenvalue weighted by Gasteiger charge is -2.59. The van der Waals surface area contributed by atoms with Crippen LogP contribution in [0.25, 0.3) is 0 Å². The van der Waals surface area contributed by atoms with E-state index < -0.39 is 0 Å². The molecule has 23 heavy (non-hydrogen) atoms. The van der Waals surface area contributed by atoms with Gasteiger partial charge in [0.25, 0.3) is 0 Å². The number of carbonyl (C=O) groups excluding carboxylic acids is 1. The molecule has 126 valence electrons. The van der Waals surface area contributed by atoms with Crippen LogP contribution in [0.1, 0.15) is 46.0 Å². The van der Waals surface area contributed by atoms with Gasteiger partial charge in [-0.1, -0.05) is 25.5 Å². The summed E-state index contributed by atoms with van der Waals surface area (Å²) >= 11 is 0. The highest BCUT2D eigenvalue weighted by molar-refractivity contribution is 6.01. The van der Waals surface area contributed by atoms with Gasteiger partial charge in [0.2, 0.25) is 0 Å². The first-order valence-electron chi connectivity index (χ1n) is 9.15. The second-order valence-corrected chi connectivity index (χ2v) is 8.71. The Hall–Kier alpha value is -0.930. The fourth-order valence-electron chi connectivity index (χ4n) is 6.62. The van der Waals surface area contributed by atoms with Crippen molar-refractivity contribution in [3.8, 4) is 0 Å². The highest BCUT2D eigenvalue weighted by atomic mass is 16.3. The zero-order valence-corrected chi connectivity index (χ0v) is 14.2. The van der Waals surface area contributed by atoms with Crippen molar-refractivity contribution in [3.05, 3.63) is 23.8 Å². The van der Waals surface area contributed by atoms with Crippen LogP contribution in [0.15, 0.2) is 23.8 Å². The standard InChI is InChI=1S/C20H28O3/c1-12-9-13-10-14(22)5-8-20(13,11-21)16-6-7-19(2)15(18(12)16)3-4-17(19)23/h5,8,10,12,15-18,21,23H,3-4,6-7,9,11H2,1-2H3/t12-,15+,16+,17+,18+,19+,20-/m1/s1. The Bertz CT molecular complexity index is 592. The molecule has 4 aliphatic rings. The summed E-state index contributed by atoms with van der Waals surface area (Å²) in [5.41, 5.74) is 0.852. The van der Waals surface area contributed by atoms with Crippen molar-refractivity contribution in [2.75, 3.05) is 6.61 Å². The Balaban J connectivity index is 1.77. The minimum absolute atomic E-state index is 0.0431. The number of rotatable bonds is 1. The predicted molar refractivity (Wildman–Crippen MR) is 88.6 cm³/mol. The van der Waals surface area contributed by atoms with Crippen molar-refractivity contribution in [1.29, 1.82) is 0 Å². The maximum Gasteiger partial charge on any atom is 0.178 e. The molecule has 4 rings (SSSR count). The molecule has 0 amide bonds. The average Bonchev–Trinajstić information content (AvgIpc) is 2.83. The zero-order valence-electron chi connectivity index (χ0n) is 14.2. The van der Waals surface area contributed by atoms with Crippen LogP contribution in [0.4, 0.5) is 0 Å². The first-order valence-corrected chi connectivity index (χ1v) is 9.15. The topological polar surface area (TPSA) is 57.5 Å². The Labute approximate surface area is 138 Å². The van der Waals surface area contributed by atoms with Crippen LogP contribution >= 0.6 is 0 Å². The van der Waals surface area contributed by atoms with Gasteiger partial charge in [0.15, 0.2) is 5.78 Å². The van der Waals surface area contributed by atoms with E-state index in [1.807, 2.05) is 6.08 Å². The van der Waals surface area contributed by atoms with Crippen molar-refractivity contribution in [2.24, 2.45) is 34.5 Å². The molecule has 0 aliphatic heterocycles. The van der Waals surface area contributed by atoms with Gasteiger partial charge in [-0.2, -0.15) is 0 Å². The van der Waals surface area contributed by atoms with Crippen molar-refractivity contribution < 1.29 is 15.0 Å². The third-order valence-electron chi connectivity index (χ3n) is 7.86. The maximum absolute atomic E-state index is 11.8. The van der Waals surface area contributed by atoms with Gasteiger partial charge in [-0.15, -0.1) is 0 Å². The van der Waals surface area contributed by atoms with Crippen LogP contribution in [-0.4, -0.2) is 28.7 Å². The van der Waals surface area contributed by atoms with Crippen molar-refractivity contribution in [1.82, 2.24) is 0 Å². The SMILES string of the molecule is C[C@@H]1CC2=CC(=O)C=C[C@]2(CO)[C@H]2CC[C@]3(C)[C@@H](O)CC[C@H]3[C@H]12. The van der Waals surface area contributed by atoms with E-state index in [0.29, 0.717) is 23.7 Å². The molecule has 4 aliphatic carbocycles. The molecular formula is C20H28O3. The van der Waals surface area contributed by atoms with Gasteiger partial charge < -0.3 is 10.2 Å². The number of hydrogen-bond donors (Lipinski definition) is 2. The second kappa shape index (κ2) is 5.03. The molecular weight excluding hydrogens is 288 g/mol. The van der Waals surface area contributed by atoms with E-state index in [9.17, 15) is 15.0 Å². The molecule has 3 fully saturated rings. The number of aliphatic hydroxyl groups is 2. The number of allylic oxidation sites excluding steroid dienone is 2. The molecule has 3 saturated carbocycles. The average molecular weight is 316 g/mol. The van der Waals surface area contributed by atoms with Crippen LogP contribution in [0.5, 0.6) is 0 Å². The number of hydrogen-bond acceptors (Lipinski definition) is 3. The van der Waals surface area contributed by atoms with Crippen LogP contribution in [-0.2, 0) is 4.79 Å². The first-order chi connectivity index (χ1) is 10.9. The summed E-state index contributed by atoms with van der Waals surface area (Å²) in [5.74, 6) is 2.05. The summed E-state index contributed by atoms with van der Waals surface area (Å²) in [6.45, 7) is 4.68. The zero-order chi connectivity index (χ0) is 16.4. The fraction of sp³-hybridized carbons (Fsp3) is 0.750. The highest BCUT2D eigenvalue weighted by Crippen LogP contribution is 2.65. The lowest BCUT2D eigenvalue weighted by atomic mass is 9.46. The maximum atomic E-state index is 11.8. The van der Waals surface area contributed by atoms with E-state index in [1.54, 1.807) is 12.2 Å². The van der Waals surface area contributed by atoms with Crippen molar-refractivity contribution >= 4 is 5.78 Å². The predicted octanol–water partition coefficient (Wildman–Crippen LogP) is 2.87. The summed E-state index contributed by atoms with van der Waals surface area (Å²) in [6, 6.07) is 0. The molecule has 0 aromatic rings. The van der Waals surface area contributed by atoms with E-state index in [4.69, 9.17) is 0 Å². The van der Waals surface area contributed by atoms with Gasteiger partial charge in [-0.3, -0.25) is 4.79 Å². The van der Waals surface area contributed by atoms with E-state index in [1.165, 1.54) is 0 Å². The van der Waals surface area contributed by atoms with Gasteiger partial charge >= 0.3 is 0 Å². The fourth-order valence-corrected chi connectivity index (χ4v) is 6.62. The molecule has 0 spiro atoms. The molecule has 3 nitrogen and oxygen atoms in total. The molecule has 0 unspecified atom stereocenters. The van der Waals surface area contributed by atoms with E-state index in [-0.39, 0.29) is 29.3 Å². The minimum atomic E-state index is -0.333. The Morgan fingerprint density at radius 2 is 2.04 bits per heavy atom. The summed E-state index contributed by atoms with van der Waals surface area (Å²) in [6.07, 6.45) is 10.3. The Kier molecular flexibility index (Phi) is 3.41. The third kappa shape index (κ3) is 1.93. The minimum Gasteiger partial charge on any atom is -0.395 e. The number of fused-ring (bicyclic) bond motifs is 5. The second-order valence-electron chi connectivity index (χ2n) is 8.71. The van der Waals surface area contributed by atoms with Gasteiger partial charge in [-0.05, 0) is 73.3 Å². The summed E-state index contributed by atoms with van der Waals surface area (Å²) in [5, 5.41) is 20.8. The normalized spacial score (nSPS) is 51.7.